The fourth-order valence-electron chi connectivity index (χ4n) is 2.07. The van der Waals surface area contributed by atoms with Crippen LogP contribution < -0.4 is 5.32 Å². The molecule has 0 saturated carbocycles. The number of ether oxygens (including phenoxy) is 1. The molecule has 1 aromatic heterocycles. The quantitative estimate of drug-likeness (QED) is 0.814. The van der Waals surface area contributed by atoms with E-state index in [0.29, 0.717) is 18.0 Å². The second-order valence-corrected chi connectivity index (χ2v) is 5.75. The van der Waals surface area contributed by atoms with E-state index in [1.54, 1.807) is 30.3 Å². The van der Waals surface area contributed by atoms with Crippen LogP contribution in [-0.2, 0) is 28.9 Å². The maximum atomic E-state index is 12.6. The van der Waals surface area contributed by atoms with Gasteiger partial charge < -0.3 is 15.2 Å². The van der Waals surface area contributed by atoms with E-state index in [9.17, 15) is 27.9 Å². The Labute approximate surface area is 146 Å². The first-order valence-electron chi connectivity index (χ1n) is 7.42. The summed E-state index contributed by atoms with van der Waals surface area (Å²) in [4.78, 5) is 23.4. The van der Waals surface area contributed by atoms with Gasteiger partial charge in [-0.05, 0) is 12.5 Å². The molecule has 2 N–H and O–H groups in total. The number of nitrogens with one attached hydrogen (secondary N) is 1. The van der Waals surface area contributed by atoms with E-state index in [-0.39, 0.29) is 6.61 Å². The molecule has 2 rings (SSSR count). The van der Waals surface area contributed by atoms with E-state index < -0.39 is 35.9 Å². The van der Waals surface area contributed by atoms with Gasteiger partial charge in [0.15, 0.2) is 5.54 Å². The number of benzene rings is 1. The van der Waals surface area contributed by atoms with Gasteiger partial charge in [-0.2, -0.15) is 18.3 Å². The Balaban J connectivity index is 2.03. The molecule has 0 fully saturated rings. The number of carbonyl (C=O) groups excluding carboxylic acids is 1. The predicted molar refractivity (Wildman–Crippen MR) is 83.0 cm³/mol. The summed E-state index contributed by atoms with van der Waals surface area (Å²) in [6.07, 6.45) is -4.37. The Morgan fingerprint density at radius 3 is 2.46 bits per heavy atom. The van der Waals surface area contributed by atoms with Gasteiger partial charge in [0.2, 0.25) is 0 Å². The Morgan fingerprint density at radius 2 is 1.92 bits per heavy atom. The average Bonchev–Trinajstić information content (AvgIpc) is 3.02. The van der Waals surface area contributed by atoms with E-state index in [1.807, 2.05) is 0 Å². The van der Waals surface area contributed by atoms with Gasteiger partial charge in [0.1, 0.15) is 6.61 Å². The molecule has 0 bridgehead atoms. The minimum absolute atomic E-state index is 0.0810. The van der Waals surface area contributed by atoms with Gasteiger partial charge in [-0.25, -0.2) is 9.59 Å². The van der Waals surface area contributed by atoms with Gasteiger partial charge in [-0.3, -0.25) is 4.68 Å². The van der Waals surface area contributed by atoms with Crippen LogP contribution >= 0.6 is 0 Å². The van der Waals surface area contributed by atoms with Crippen molar-refractivity contribution in [3.8, 4) is 0 Å². The second-order valence-electron chi connectivity index (χ2n) is 5.75. The van der Waals surface area contributed by atoms with Gasteiger partial charge in [0, 0.05) is 6.20 Å². The predicted octanol–water partition coefficient (Wildman–Crippen LogP) is 2.67. The number of rotatable bonds is 6. The van der Waals surface area contributed by atoms with Crippen molar-refractivity contribution in [1.29, 1.82) is 0 Å². The number of carboxylic acids is 1. The van der Waals surface area contributed by atoms with Crippen molar-refractivity contribution < 1.29 is 32.6 Å². The molecule has 26 heavy (non-hydrogen) atoms. The highest BCUT2D eigenvalue weighted by Crippen LogP contribution is 2.28. The summed E-state index contributed by atoms with van der Waals surface area (Å²) >= 11 is 0. The molecule has 0 aliphatic heterocycles. The maximum absolute atomic E-state index is 12.6. The van der Waals surface area contributed by atoms with Crippen molar-refractivity contribution in [2.45, 2.75) is 31.8 Å². The van der Waals surface area contributed by atoms with Crippen LogP contribution in [0.3, 0.4) is 0 Å². The minimum atomic E-state index is -4.60. The molecule has 2 aromatic rings. The first-order chi connectivity index (χ1) is 12.1. The summed E-state index contributed by atoms with van der Waals surface area (Å²) in [5, 5.41) is 15.0. The molecule has 7 nitrogen and oxygen atoms in total. The number of halogens is 3. The van der Waals surface area contributed by atoms with Crippen molar-refractivity contribution in [3.63, 3.8) is 0 Å². The minimum Gasteiger partial charge on any atom is -0.479 e. The molecule has 0 aliphatic rings. The van der Waals surface area contributed by atoms with Crippen LogP contribution in [0.25, 0.3) is 0 Å². The number of hydrogen-bond donors (Lipinski definition) is 2. The molecule has 1 aromatic carbocycles. The molecular weight excluding hydrogens is 355 g/mol. The number of aliphatic carboxylic acids is 1. The summed E-state index contributed by atoms with van der Waals surface area (Å²) in [6.45, 7) is 0.551. The third-order valence-corrected chi connectivity index (χ3v) is 3.50. The average molecular weight is 371 g/mol. The summed E-state index contributed by atoms with van der Waals surface area (Å²) in [7, 11) is 0. The molecule has 0 aliphatic carbocycles. The summed E-state index contributed by atoms with van der Waals surface area (Å²) in [5.74, 6) is -1.45. The zero-order valence-corrected chi connectivity index (χ0v) is 13.7. The summed E-state index contributed by atoms with van der Waals surface area (Å²) in [6, 6.07) is 8.70. The molecule has 0 spiro atoms. The molecule has 0 saturated heterocycles. The molecule has 1 unspecified atom stereocenters. The normalized spacial score (nSPS) is 13.7. The molecule has 140 valence electrons. The van der Waals surface area contributed by atoms with Gasteiger partial charge >= 0.3 is 18.2 Å². The van der Waals surface area contributed by atoms with Crippen LogP contribution in [0.2, 0.25) is 0 Å². The lowest BCUT2D eigenvalue weighted by Gasteiger charge is -2.25. The largest absolute Gasteiger partial charge is 0.479 e. The number of carbonyl (C=O) groups is 2. The van der Waals surface area contributed by atoms with E-state index in [4.69, 9.17) is 4.74 Å². The van der Waals surface area contributed by atoms with E-state index in [1.165, 1.54) is 0 Å². The first kappa shape index (κ1) is 19.3. The Hall–Kier alpha value is -3.04. The van der Waals surface area contributed by atoms with Crippen LogP contribution in [0.1, 0.15) is 18.1 Å². The highest BCUT2D eigenvalue weighted by molar-refractivity contribution is 5.83. The fraction of sp³-hybridized carbons (Fsp3) is 0.312. The van der Waals surface area contributed by atoms with Gasteiger partial charge in [-0.1, -0.05) is 30.3 Å². The number of alkyl carbamates (subject to hydrolysis) is 1. The Bertz CT molecular complexity index is 777. The van der Waals surface area contributed by atoms with Gasteiger partial charge in [-0.15, -0.1) is 0 Å². The third-order valence-electron chi connectivity index (χ3n) is 3.50. The Morgan fingerprint density at radius 1 is 1.27 bits per heavy atom. The maximum Gasteiger partial charge on any atom is 0.419 e. The Kier molecular flexibility index (Phi) is 5.53. The van der Waals surface area contributed by atoms with E-state index in [0.717, 1.165) is 11.6 Å². The van der Waals surface area contributed by atoms with Crippen molar-refractivity contribution >= 4 is 12.1 Å². The first-order valence-corrected chi connectivity index (χ1v) is 7.42. The lowest BCUT2D eigenvalue weighted by atomic mass is 10.0. The SMILES string of the molecule is CC(Cn1cc(C(F)(F)F)cn1)(NC(=O)OCc1ccccc1)C(=O)O. The molecule has 0 radical (unpaired) electrons. The third kappa shape index (κ3) is 4.98. The highest BCUT2D eigenvalue weighted by Gasteiger charge is 2.38. The smallest absolute Gasteiger partial charge is 0.419 e. The van der Waals surface area contributed by atoms with Gasteiger partial charge in [0.05, 0.1) is 18.3 Å². The number of alkyl halides is 3. The zero-order valence-electron chi connectivity index (χ0n) is 13.7. The number of amides is 1. The van der Waals surface area contributed by atoms with Crippen LogP contribution in [0.5, 0.6) is 0 Å². The van der Waals surface area contributed by atoms with E-state index in [2.05, 4.69) is 10.4 Å². The lowest BCUT2D eigenvalue weighted by Crippen LogP contribution is -2.55. The zero-order chi connectivity index (χ0) is 19.4. The fourth-order valence-corrected chi connectivity index (χ4v) is 2.07. The van der Waals surface area contributed by atoms with Crippen LogP contribution in [0.15, 0.2) is 42.7 Å². The van der Waals surface area contributed by atoms with Crippen LogP contribution in [0.4, 0.5) is 18.0 Å². The summed E-state index contributed by atoms with van der Waals surface area (Å²) < 4.78 is 43.6. The number of hydrogen-bond acceptors (Lipinski definition) is 4. The van der Waals surface area contributed by atoms with Crippen molar-refractivity contribution in [3.05, 3.63) is 53.9 Å². The lowest BCUT2D eigenvalue weighted by molar-refractivity contribution is -0.144. The second kappa shape index (κ2) is 7.46. The molecule has 1 atom stereocenters. The molecular formula is C16H16F3N3O4. The number of nitrogens with zero attached hydrogens (tertiary/aromatic N) is 2. The monoisotopic (exact) mass is 371 g/mol. The topological polar surface area (TPSA) is 93.5 Å². The van der Waals surface area contributed by atoms with Crippen LogP contribution in [-0.4, -0.2) is 32.5 Å². The number of aromatic nitrogens is 2. The molecule has 10 heteroatoms. The van der Waals surface area contributed by atoms with Crippen molar-refractivity contribution in [1.82, 2.24) is 15.1 Å². The summed E-state index contributed by atoms with van der Waals surface area (Å²) in [5.41, 5.74) is -2.23. The number of carboxylic acid groups (broad SMARTS) is 1. The molecule has 1 amide bonds. The standard InChI is InChI=1S/C16H16F3N3O4/c1-15(13(23)24,10-22-8-12(7-20-22)16(17,18)19)21-14(25)26-9-11-5-3-2-4-6-11/h2-8H,9-10H2,1H3,(H,21,25)(H,23,24). The van der Waals surface area contributed by atoms with Crippen molar-refractivity contribution in [2.24, 2.45) is 0 Å². The van der Waals surface area contributed by atoms with Crippen LogP contribution in [0, 0.1) is 0 Å². The molecule has 1 heterocycles. The van der Waals surface area contributed by atoms with Gasteiger partial charge in [0.25, 0.3) is 0 Å². The highest BCUT2D eigenvalue weighted by atomic mass is 19.4. The van der Waals surface area contributed by atoms with E-state index >= 15 is 0 Å². The van der Waals surface area contributed by atoms with Crippen molar-refractivity contribution in [2.75, 3.05) is 0 Å².